The Hall–Kier alpha value is -4.12. The third kappa shape index (κ3) is 5.32. The van der Waals surface area contributed by atoms with Gasteiger partial charge in [-0.15, -0.1) is 0 Å². The summed E-state index contributed by atoms with van der Waals surface area (Å²) < 4.78 is 5.42. The second-order valence-electron chi connectivity index (χ2n) is 7.04. The van der Waals surface area contributed by atoms with Crippen LogP contribution in [0.1, 0.15) is 11.1 Å². The first-order chi connectivity index (χ1) is 15.6. The van der Waals surface area contributed by atoms with Crippen molar-refractivity contribution in [1.82, 2.24) is 15.0 Å². The van der Waals surface area contributed by atoms with Crippen molar-refractivity contribution in [3.63, 3.8) is 0 Å². The molecule has 1 fully saturated rings. The first kappa shape index (κ1) is 21.1. The van der Waals surface area contributed by atoms with Gasteiger partial charge >= 0.3 is 0 Å². The molecule has 0 aliphatic carbocycles. The number of anilines is 4. The van der Waals surface area contributed by atoms with Gasteiger partial charge in [0.15, 0.2) is 0 Å². The number of nitro groups is 1. The van der Waals surface area contributed by atoms with Crippen LogP contribution in [-0.2, 0) is 4.74 Å². The fourth-order valence-corrected chi connectivity index (χ4v) is 3.09. The highest BCUT2D eigenvalue weighted by molar-refractivity contribution is 5.81. The fourth-order valence-electron chi connectivity index (χ4n) is 3.09. The zero-order valence-electron chi connectivity index (χ0n) is 17.4. The third-order valence-electron chi connectivity index (χ3n) is 4.77. The number of rotatable bonds is 7. The van der Waals surface area contributed by atoms with Gasteiger partial charge in [-0.2, -0.15) is 20.1 Å². The molecule has 1 aromatic heterocycles. The Morgan fingerprint density at radius 1 is 1.09 bits per heavy atom. The quantitative estimate of drug-likeness (QED) is 0.327. The average Bonchev–Trinajstić information content (AvgIpc) is 2.81. The molecule has 0 amide bonds. The van der Waals surface area contributed by atoms with Crippen LogP contribution in [0.3, 0.4) is 0 Å². The van der Waals surface area contributed by atoms with Crippen molar-refractivity contribution in [2.45, 2.75) is 6.92 Å². The summed E-state index contributed by atoms with van der Waals surface area (Å²) in [5.41, 5.74) is 5.31. The Morgan fingerprint density at radius 2 is 1.88 bits per heavy atom. The zero-order valence-corrected chi connectivity index (χ0v) is 17.4. The molecule has 2 heterocycles. The van der Waals surface area contributed by atoms with Gasteiger partial charge in [-0.25, -0.2) is 5.43 Å². The monoisotopic (exact) mass is 434 g/mol. The van der Waals surface area contributed by atoms with Crippen molar-refractivity contribution < 1.29 is 9.66 Å². The second kappa shape index (κ2) is 9.79. The number of morpholine rings is 1. The van der Waals surface area contributed by atoms with Gasteiger partial charge in [0, 0.05) is 36.5 Å². The molecular formula is C21H22N8O3. The van der Waals surface area contributed by atoms with Crippen molar-refractivity contribution in [3.8, 4) is 0 Å². The molecule has 0 spiro atoms. The lowest BCUT2D eigenvalue weighted by molar-refractivity contribution is -0.384. The number of benzene rings is 2. The molecule has 0 radical (unpaired) electrons. The van der Waals surface area contributed by atoms with E-state index in [0.717, 1.165) is 11.3 Å². The minimum absolute atomic E-state index is 0.00608. The van der Waals surface area contributed by atoms with Crippen LogP contribution < -0.4 is 15.6 Å². The van der Waals surface area contributed by atoms with E-state index in [0.29, 0.717) is 43.8 Å². The van der Waals surface area contributed by atoms with Crippen LogP contribution >= 0.6 is 0 Å². The molecule has 2 N–H and O–H groups in total. The largest absolute Gasteiger partial charge is 0.378 e. The number of hydrogen-bond acceptors (Lipinski definition) is 10. The number of non-ortho nitro benzene ring substituents is 1. The molecule has 11 nitrogen and oxygen atoms in total. The summed E-state index contributed by atoms with van der Waals surface area (Å²) >= 11 is 0. The SMILES string of the molecule is Cc1ccccc1Nc1nc(N/N=C\c2cccc([N+](=O)[O-])c2)nc(N2CCOCC2)n1. The van der Waals surface area contributed by atoms with Gasteiger partial charge in [-0.1, -0.05) is 30.3 Å². The number of aromatic nitrogens is 3. The lowest BCUT2D eigenvalue weighted by Crippen LogP contribution is -2.37. The second-order valence-corrected chi connectivity index (χ2v) is 7.04. The molecule has 1 aliphatic heterocycles. The maximum Gasteiger partial charge on any atom is 0.270 e. The van der Waals surface area contributed by atoms with Gasteiger partial charge in [0.25, 0.3) is 5.69 Å². The van der Waals surface area contributed by atoms with Gasteiger partial charge in [0.1, 0.15) is 0 Å². The molecule has 164 valence electrons. The van der Waals surface area contributed by atoms with Crippen LogP contribution in [0.25, 0.3) is 0 Å². The van der Waals surface area contributed by atoms with E-state index >= 15 is 0 Å². The van der Waals surface area contributed by atoms with E-state index in [-0.39, 0.29) is 11.6 Å². The summed E-state index contributed by atoms with van der Waals surface area (Å²) in [6, 6.07) is 14.0. The highest BCUT2D eigenvalue weighted by Gasteiger charge is 2.17. The van der Waals surface area contributed by atoms with Gasteiger partial charge in [0.2, 0.25) is 17.8 Å². The normalized spacial score (nSPS) is 13.8. The number of nitrogens with zero attached hydrogens (tertiary/aromatic N) is 6. The predicted octanol–water partition coefficient (Wildman–Crippen LogP) is 3.11. The number of hydrogen-bond donors (Lipinski definition) is 2. The van der Waals surface area contributed by atoms with Gasteiger partial charge < -0.3 is 15.0 Å². The number of ether oxygens (including phenoxy) is 1. The molecule has 2 aromatic carbocycles. The maximum atomic E-state index is 10.9. The average molecular weight is 434 g/mol. The molecule has 4 rings (SSSR count). The van der Waals surface area contributed by atoms with E-state index in [1.54, 1.807) is 12.1 Å². The minimum Gasteiger partial charge on any atom is -0.378 e. The standard InChI is InChI=1S/C21H22N8O3/c1-15-5-2-3-8-18(15)23-19-24-20(26-21(25-19)28-9-11-32-12-10-28)27-22-14-16-6-4-7-17(13-16)29(30)31/h2-8,13-14H,9-12H2,1H3,(H2,23,24,25,26,27)/b22-14-. The number of aryl methyl sites for hydroxylation is 1. The third-order valence-corrected chi connectivity index (χ3v) is 4.77. The molecule has 3 aromatic rings. The molecule has 0 atom stereocenters. The van der Waals surface area contributed by atoms with Crippen molar-refractivity contribution in [3.05, 3.63) is 69.8 Å². The summed E-state index contributed by atoms with van der Waals surface area (Å²) in [6.45, 7) is 4.53. The van der Waals surface area contributed by atoms with Gasteiger partial charge in [0.05, 0.1) is 24.4 Å². The molecule has 1 saturated heterocycles. The summed E-state index contributed by atoms with van der Waals surface area (Å²) in [5, 5.41) is 18.3. The molecule has 1 aliphatic rings. The highest BCUT2D eigenvalue weighted by atomic mass is 16.6. The molecule has 0 unspecified atom stereocenters. The van der Waals surface area contributed by atoms with Crippen LogP contribution in [0.15, 0.2) is 53.6 Å². The number of hydrazone groups is 1. The molecule has 11 heteroatoms. The molecule has 32 heavy (non-hydrogen) atoms. The Balaban J connectivity index is 1.57. The minimum atomic E-state index is -0.450. The van der Waals surface area contributed by atoms with E-state index in [1.807, 2.05) is 36.1 Å². The predicted molar refractivity (Wildman–Crippen MR) is 122 cm³/mol. The first-order valence-corrected chi connectivity index (χ1v) is 10.0. The van der Waals surface area contributed by atoms with Crippen LogP contribution in [0.2, 0.25) is 0 Å². The van der Waals surface area contributed by atoms with Crippen molar-refractivity contribution >= 4 is 35.4 Å². The van der Waals surface area contributed by atoms with E-state index in [2.05, 4.69) is 30.8 Å². The lowest BCUT2D eigenvalue weighted by atomic mass is 10.2. The first-order valence-electron chi connectivity index (χ1n) is 10.0. The molecule has 0 bridgehead atoms. The van der Waals surface area contributed by atoms with E-state index in [1.165, 1.54) is 18.3 Å². The van der Waals surface area contributed by atoms with Crippen molar-refractivity contribution in [2.24, 2.45) is 5.10 Å². The van der Waals surface area contributed by atoms with Gasteiger partial charge in [-0.05, 0) is 18.6 Å². The van der Waals surface area contributed by atoms with E-state index in [4.69, 9.17) is 4.74 Å². The van der Waals surface area contributed by atoms with Crippen LogP contribution in [0.4, 0.5) is 29.2 Å². The number of nitro benzene ring substituents is 1. The number of nitrogens with one attached hydrogen (secondary N) is 2. The fraction of sp³-hybridized carbons (Fsp3) is 0.238. The summed E-state index contributed by atoms with van der Waals surface area (Å²) in [7, 11) is 0. The topological polar surface area (TPSA) is 131 Å². The van der Waals surface area contributed by atoms with Crippen molar-refractivity contribution in [1.29, 1.82) is 0 Å². The maximum absolute atomic E-state index is 10.9. The number of para-hydroxylation sites is 1. The van der Waals surface area contributed by atoms with E-state index < -0.39 is 4.92 Å². The Kier molecular flexibility index (Phi) is 6.46. The van der Waals surface area contributed by atoms with Gasteiger partial charge in [-0.3, -0.25) is 10.1 Å². The van der Waals surface area contributed by atoms with Crippen LogP contribution in [0, 0.1) is 17.0 Å². The highest BCUT2D eigenvalue weighted by Crippen LogP contribution is 2.21. The summed E-state index contributed by atoms with van der Waals surface area (Å²) in [5.74, 6) is 1.13. The summed E-state index contributed by atoms with van der Waals surface area (Å²) in [4.78, 5) is 26.0. The lowest BCUT2D eigenvalue weighted by Gasteiger charge is -2.27. The smallest absolute Gasteiger partial charge is 0.270 e. The van der Waals surface area contributed by atoms with Crippen LogP contribution in [-0.4, -0.2) is 52.4 Å². The zero-order chi connectivity index (χ0) is 22.3. The Morgan fingerprint density at radius 3 is 2.66 bits per heavy atom. The molecular weight excluding hydrogens is 412 g/mol. The van der Waals surface area contributed by atoms with Crippen LogP contribution in [0.5, 0.6) is 0 Å². The van der Waals surface area contributed by atoms with Crippen molar-refractivity contribution in [2.75, 3.05) is 41.9 Å². The summed E-state index contributed by atoms with van der Waals surface area (Å²) in [6.07, 6.45) is 1.47. The Labute approximate surface area is 184 Å². The Bertz CT molecular complexity index is 1130. The van der Waals surface area contributed by atoms with E-state index in [9.17, 15) is 10.1 Å². The molecule has 0 saturated carbocycles.